The zero-order valence-corrected chi connectivity index (χ0v) is 16.1. The van der Waals surface area contributed by atoms with Gasteiger partial charge in [-0.05, 0) is 52.5 Å². The van der Waals surface area contributed by atoms with Crippen LogP contribution in [0.4, 0.5) is 5.69 Å². The van der Waals surface area contributed by atoms with E-state index in [-0.39, 0.29) is 16.7 Å². The second-order valence-electron chi connectivity index (χ2n) is 5.48. The van der Waals surface area contributed by atoms with Gasteiger partial charge in [-0.2, -0.15) is 0 Å². The Balaban J connectivity index is 1.50. The average Bonchev–Trinajstić information content (AvgIpc) is 3.18. The molecule has 0 fully saturated rings. The van der Waals surface area contributed by atoms with E-state index < -0.39 is 10.0 Å². The van der Waals surface area contributed by atoms with Crippen molar-refractivity contribution in [3.63, 3.8) is 0 Å². The summed E-state index contributed by atoms with van der Waals surface area (Å²) >= 11 is 4.42. The molecule has 1 N–H and O–H groups in total. The molecule has 2 heterocycles. The van der Waals surface area contributed by atoms with Crippen molar-refractivity contribution in [2.45, 2.75) is 23.5 Å². The van der Waals surface area contributed by atoms with Gasteiger partial charge in [-0.15, -0.1) is 11.3 Å². The molecular formula is C16H17BrN2O3S2. The third-order valence-electron chi connectivity index (χ3n) is 3.86. The molecular weight excluding hydrogens is 412 g/mol. The van der Waals surface area contributed by atoms with Gasteiger partial charge < -0.3 is 4.90 Å². The fourth-order valence-electron chi connectivity index (χ4n) is 2.69. The van der Waals surface area contributed by atoms with Crippen LogP contribution in [0, 0.1) is 0 Å². The lowest BCUT2D eigenvalue weighted by molar-refractivity contribution is -0.118. The lowest BCUT2D eigenvalue weighted by Gasteiger charge is -2.17. The number of nitrogens with zero attached hydrogens (tertiary/aromatic N) is 1. The van der Waals surface area contributed by atoms with E-state index in [0.717, 1.165) is 27.2 Å². The Morgan fingerprint density at radius 2 is 2.04 bits per heavy atom. The van der Waals surface area contributed by atoms with Crippen molar-refractivity contribution in [3.8, 4) is 0 Å². The minimum atomic E-state index is -3.49. The van der Waals surface area contributed by atoms with E-state index in [0.29, 0.717) is 19.4 Å². The van der Waals surface area contributed by atoms with Crippen molar-refractivity contribution in [2.24, 2.45) is 0 Å². The Hall–Kier alpha value is -1.22. The molecule has 3 rings (SSSR count). The number of hydrogen-bond acceptors (Lipinski definition) is 4. The summed E-state index contributed by atoms with van der Waals surface area (Å²) in [4.78, 5) is 14.1. The first-order valence-electron chi connectivity index (χ1n) is 7.61. The van der Waals surface area contributed by atoms with Crippen molar-refractivity contribution >= 4 is 48.9 Å². The number of hydrogen-bond donors (Lipinski definition) is 1. The van der Waals surface area contributed by atoms with Gasteiger partial charge in [-0.3, -0.25) is 4.79 Å². The molecule has 0 saturated carbocycles. The van der Waals surface area contributed by atoms with Crippen LogP contribution < -0.4 is 9.62 Å². The molecule has 0 spiro atoms. The summed E-state index contributed by atoms with van der Waals surface area (Å²) in [5.74, 6) is 0.0398. The van der Waals surface area contributed by atoms with Gasteiger partial charge in [0.25, 0.3) is 0 Å². The van der Waals surface area contributed by atoms with Crippen molar-refractivity contribution < 1.29 is 13.2 Å². The third-order valence-corrected chi connectivity index (χ3v) is 7.44. The number of nitrogens with one attached hydrogen (secondary N) is 1. The van der Waals surface area contributed by atoms with E-state index in [2.05, 4.69) is 20.7 Å². The van der Waals surface area contributed by atoms with Crippen LogP contribution in [-0.2, 0) is 21.2 Å². The summed E-state index contributed by atoms with van der Waals surface area (Å²) in [6, 6.07) is 11.2. The van der Waals surface area contributed by atoms with Gasteiger partial charge >= 0.3 is 0 Å². The van der Waals surface area contributed by atoms with Crippen LogP contribution in [0.3, 0.4) is 0 Å². The summed E-state index contributed by atoms with van der Waals surface area (Å²) in [5, 5.41) is 0. The highest BCUT2D eigenvalue weighted by Gasteiger charge is 2.23. The van der Waals surface area contributed by atoms with Crippen molar-refractivity contribution in [2.75, 3.05) is 18.0 Å². The van der Waals surface area contributed by atoms with E-state index in [1.54, 1.807) is 17.0 Å². The van der Waals surface area contributed by atoms with Gasteiger partial charge in [0.1, 0.15) is 4.21 Å². The van der Waals surface area contributed by atoms with Crippen LogP contribution in [-0.4, -0.2) is 27.4 Å². The molecule has 8 heteroatoms. The molecule has 0 bridgehead atoms. The Morgan fingerprint density at radius 3 is 2.79 bits per heavy atom. The Bertz CT molecular complexity index is 849. The standard InChI is InChI=1S/C16H17BrN2O3S2/c17-14-7-8-16(23-14)24(21,22)18-10-3-6-15(20)19-11-9-12-4-1-2-5-13(12)19/h1-2,4-5,7-8,18H,3,6,9-11H2. The van der Waals surface area contributed by atoms with Crippen LogP contribution in [0.1, 0.15) is 18.4 Å². The number of amides is 1. The topological polar surface area (TPSA) is 66.5 Å². The third kappa shape index (κ3) is 3.88. The number of carbonyl (C=O) groups excluding carboxylic acids is 1. The molecule has 1 aromatic heterocycles. The highest BCUT2D eigenvalue weighted by atomic mass is 79.9. The van der Waals surface area contributed by atoms with Gasteiger partial charge in [-0.25, -0.2) is 13.1 Å². The molecule has 0 radical (unpaired) electrons. The molecule has 0 unspecified atom stereocenters. The number of anilines is 1. The maximum atomic E-state index is 12.4. The Morgan fingerprint density at radius 1 is 1.25 bits per heavy atom. The van der Waals surface area contributed by atoms with Crippen molar-refractivity contribution in [1.82, 2.24) is 4.72 Å². The van der Waals surface area contributed by atoms with Gasteiger partial charge in [0.15, 0.2) is 0 Å². The summed E-state index contributed by atoms with van der Waals surface area (Å²) < 4.78 is 27.8. The predicted octanol–water partition coefficient (Wildman–Crippen LogP) is 3.16. The van der Waals surface area contributed by atoms with E-state index in [1.165, 1.54) is 5.56 Å². The second-order valence-corrected chi connectivity index (χ2v) is 9.94. The van der Waals surface area contributed by atoms with Crippen LogP contribution in [0.15, 0.2) is 44.4 Å². The van der Waals surface area contributed by atoms with E-state index in [4.69, 9.17) is 0 Å². The minimum Gasteiger partial charge on any atom is -0.312 e. The summed E-state index contributed by atoms with van der Waals surface area (Å²) in [6.07, 6.45) is 1.68. The van der Waals surface area contributed by atoms with E-state index in [9.17, 15) is 13.2 Å². The lowest BCUT2D eigenvalue weighted by atomic mass is 10.2. The van der Waals surface area contributed by atoms with E-state index >= 15 is 0 Å². The van der Waals surface area contributed by atoms with Crippen molar-refractivity contribution in [3.05, 3.63) is 45.7 Å². The Kier molecular flexibility index (Phi) is 5.39. The largest absolute Gasteiger partial charge is 0.312 e. The second kappa shape index (κ2) is 7.35. The van der Waals surface area contributed by atoms with Crippen LogP contribution in [0.5, 0.6) is 0 Å². The average molecular weight is 429 g/mol. The zero-order valence-electron chi connectivity index (χ0n) is 12.9. The Labute approximate surface area is 153 Å². The summed E-state index contributed by atoms with van der Waals surface area (Å²) in [5.41, 5.74) is 2.17. The molecule has 2 aromatic rings. The normalized spacial score (nSPS) is 14.0. The van der Waals surface area contributed by atoms with Crippen LogP contribution in [0.2, 0.25) is 0 Å². The SMILES string of the molecule is O=C(CCCNS(=O)(=O)c1ccc(Br)s1)N1CCc2ccccc21. The first kappa shape index (κ1) is 17.6. The molecule has 1 aromatic carbocycles. The number of benzene rings is 1. The van der Waals surface area contributed by atoms with Gasteiger partial charge in [0.05, 0.1) is 3.79 Å². The predicted molar refractivity (Wildman–Crippen MR) is 98.9 cm³/mol. The number of fused-ring (bicyclic) bond motifs is 1. The zero-order chi connectivity index (χ0) is 17.2. The lowest BCUT2D eigenvalue weighted by Crippen LogP contribution is -2.30. The highest BCUT2D eigenvalue weighted by Crippen LogP contribution is 2.28. The smallest absolute Gasteiger partial charge is 0.250 e. The first-order chi connectivity index (χ1) is 11.5. The molecule has 1 aliphatic heterocycles. The van der Waals surface area contributed by atoms with Crippen LogP contribution >= 0.6 is 27.3 Å². The molecule has 0 saturated heterocycles. The van der Waals surface area contributed by atoms with Crippen molar-refractivity contribution in [1.29, 1.82) is 0 Å². The number of para-hydroxylation sites is 1. The quantitative estimate of drug-likeness (QED) is 0.718. The summed E-state index contributed by atoms with van der Waals surface area (Å²) in [7, 11) is -3.49. The molecule has 5 nitrogen and oxygen atoms in total. The fourth-order valence-corrected chi connectivity index (χ4v) is 5.82. The molecule has 1 aliphatic rings. The highest BCUT2D eigenvalue weighted by molar-refractivity contribution is 9.11. The first-order valence-corrected chi connectivity index (χ1v) is 10.7. The maximum absolute atomic E-state index is 12.4. The van der Waals surface area contributed by atoms with Gasteiger partial charge in [0, 0.05) is 25.2 Å². The number of carbonyl (C=O) groups is 1. The molecule has 0 atom stereocenters. The maximum Gasteiger partial charge on any atom is 0.250 e. The van der Waals surface area contributed by atoms with Gasteiger partial charge in [0.2, 0.25) is 15.9 Å². The molecule has 24 heavy (non-hydrogen) atoms. The molecule has 0 aliphatic carbocycles. The number of thiophene rings is 1. The monoisotopic (exact) mass is 428 g/mol. The molecule has 128 valence electrons. The molecule has 1 amide bonds. The minimum absolute atomic E-state index is 0.0398. The fraction of sp³-hybridized carbons (Fsp3) is 0.312. The number of halogens is 1. The number of sulfonamides is 1. The van der Waals surface area contributed by atoms with E-state index in [1.807, 2.05) is 24.3 Å². The summed E-state index contributed by atoms with van der Waals surface area (Å²) in [6.45, 7) is 0.951. The van der Waals surface area contributed by atoms with Crippen LogP contribution in [0.25, 0.3) is 0 Å². The van der Waals surface area contributed by atoms with Gasteiger partial charge in [-0.1, -0.05) is 18.2 Å². The number of rotatable bonds is 6.